The molecule has 0 radical (unpaired) electrons. The molecule has 0 aliphatic carbocycles. The van der Waals surface area contributed by atoms with Gasteiger partial charge in [-0.3, -0.25) is 0 Å². The summed E-state index contributed by atoms with van der Waals surface area (Å²) in [5.41, 5.74) is 3.42. The van der Waals surface area contributed by atoms with Crippen LogP contribution in [0.4, 0.5) is 0 Å². The van der Waals surface area contributed by atoms with E-state index >= 15 is 0 Å². The zero-order valence-corrected chi connectivity index (χ0v) is 16.0. The third-order valence-corrected chi connectivity index (χ3v) is 3.98. The van der Waals surface area contributed by atoms with Gasteiger partial charge in [-0.1, -0.05) is 55.4 Å². The van der Waals surface area contributed by atoms with Crippen LogP contribution < -0.4 is 0 Å². The molecular formula is C23H26O3. The van der Waals surface area contributed by atoms with E-state index in [0.717, 1.165) is 30.4 Å². The Balaban J connectivity index is 2.34. The van der Waals surface area contributed by atoms with Crippen LogP contribution in [-0.2, 0) is 4.74 Å². The summed E-state index contributed by atoms with van der Waals surface area (Å²) in [5.74, 6) is 7.20. The number of hydrogen-bond acceptors (Lipinski definition) is 3. The van der Waals surface area contributed by atoms with Crippen molar-refractivity contribution in [3.05, 3.63) is 64.6 Å². The highest BCUT2D eigenvalue weighted by Crippen LogP contribution is 2.23. The number of benzene rings is 1. The van der Waals surface area contributed by atoms with Gasteiger partial charge in [0.1, 0.15) is 17.1 Å². The first-order valence-corrected chi connectivity index (χ1v) is 9.12. The first kappa shape index (κ1) is 19.6. The monoisotopic (exact) mass is 350 g/mol. The molecule has 0 N–H and O–H groups in total. The Morgan fingerprint density at radius 2 is 1.92 bits per heavy atom. The average Bonchev–Trinajstić information content (AvgIpc) is 3.01. The maximum atomic E-state index is 12.0. The lowest BCUT2D eigenvalue weighted by Gasteiger charge is -1.97. The number of carbonyl (C=O) groups excluding carboxylic acids is 1. The molecule has 0 saturated heterocycles. The Morgan fingerprint density at radius 1 is 1.19 bits per heavy atom. The summed E-state index contributed by atoms with van der Waals surface area (Å²) in [6, 6.07) is 9.82. The number of hydrogen-bond donors (Lipinski definition) is 0. The number of ether oxygens (including phenoxy) is 1. The molecule has 26 heavy (non-hydrogen) atoms. The minimum atomic E-state index is -0.362. The molecule has 1 heterocycles. The predicted molar refractivity (Wildman–Crippen MR) is 105 cm³/mol. The van der Waals surface area contributed by atoms with Crippen LogP contribution in [0, 0.1) is 25.7 Å². The fourth-order valence-corrected chi connectivity index (χ4v) is 2.47. The van der Waals surface area contributed by atoms with Crippen molar-refractivity contribution in [2.45, 2.75) is 47.0 Å². The van der Waals surface area contributed by atoms with Crippen LogP contribution in [0.1, 0.15) is 66.1 Å². The normalized spacial score (nSPS) is 11.0. The lowest BCUT2D eigenvalue weighted by atomic mass is 10.1. The molecule has 0 aliphatic heterocycles. The van der Waals surface area contributed by atoms with Crippen molar-refractivity contribution in [2.75, 3.05) is 6.61 Å². The Bertz CT molecular complexity index is 827. The van der Waals surface area contributed by atoms with Gasteiger partial charge in [-0.25, -0.2) is 4.79 Å². The molecule has 0 saturated carbocycles. The van der Waals surface area contributed by atoms with Gasteiger partial charge in [0.2, 0.25) is 0 Å². The van der Waals surface area contributed by atoms with Crippen LogP contribution in [0.2, 0.25) is 0 Å². The minimum absolute atomic E-state index is 0.339. The highest BCUT2D eigenvalue weighted by Gasteiger charge is 2.17. The van der Waals surface area contributed by atoms with Crippen molar-refractivity contribution in [3.8, 4) is 11.8 Å². The standard InChI is InChI=1S/C23H26O3/c1-5-7-8-9-20(15-14-19-12-10-17(3)11-13-19)22-16-21(18(4)26-22)23(24)25-6-2/h9-13,16H,5-8H2,1-4H3/b20-9-. The smallest absolute Gasteiger partial charge is 0.341 e. The second kappa shape index (κ2) is 9.68. The van der Waals surface area contributed by atoms with E-state index in [-0.39, 0.29) is 5.97 Å². The van der Waals surface area contributed by atoms with Crippen LogP contribution in [0.3, 0.4) is 0 Å². The molecule has 0 aliphatic rings. The number of allylic oxidation sites excluding steroid dienone is 2. The number of carbonyl (C=O) groups is 1. The molecule has 2 aromatic rings. The molecule has 3 heteroatoms. The Labute approximate surface area is 156 Å². The Morgan fingerprint density at radius 3 is 2.58 bits per heavy atom. The first-order valence-electron chi connectivity index (χ1n) is 9.12. The van der Waals surface area contributed by atoms with Gasteiger partial charge < -0.3 is 9.15 Å². The van der Waals surface area contributed by atoms with E-state index in [1.165, 1.54) is 5.56 Å². The van der Waals surface area contributed by atoms with Crippen LogP contribution >= 0.6 is 0 Å². The van der Waals surface area contributed by atoms with Gasteiger partial charge in [0.25, 0.3) is 0 Å². The molecule has 136 valence electrons. The minimum Gasteiger partial charge on any atom is -0.462 e. The molecular weight excluding hydrogens is 324 g/mol. The lowest BCUT2D eigenvalue weighted by Crippen LogP contribution is -2.04. The summed E-state index contributed by atoms with van der Waals surface area (Å²) in [4.78, 5) is 12.0. The van der Waals surface area contributed by atoms with E-state index in [1.54, 1.807) is 19.9 Å². The SMILES string of the molecule is CCCC/C=C(/C#Cc1ccc(C)cc1)c1cc(C(=O)OCC)c(C)o1. The largest absolute Gasteiger partial charge is 0.462 e. The summed E-state index contributed by atoms with van der Waals surface area (Å²) < 4.78 is 10.9. The highest BCUT2D eigenvalue weighted by molar-refractivity contribution is 5.92. The maximum Gasteiger partial charge on any atom is 0.341 e. The molecule has 0 bridgehead atoms. The molecule has 0 amide bonds. The first-order chi connectivity index (χ1) is 12.5. The summed E-state index contributed by atoms with van der Waals surface area (Å²) in [7, 11) is 0. The van der Waals surface area contributed by atoms with E-state index in [1.807, 2.05) is 24.3 Å². The van der Waals surface area contributed by atoms with Gasteiger partial charge in [-0.05, 0) is 45.4 Å². The zero-order chi connectivity index (χ0) is 18.9. The van der Waals surface area contributed by atoms with E-state index in [9.17, 15) is 4.79 Å². The van der Waals surface area contributed by atoms with Gasteiger partial charge in [0, 0.05) is 5.56 Å². The third kappa shape index (κ3) is 5.39. The number of furan rings is 1. The topological polar surface area (TPSA) is 39.4 Å². The van der Waals surface area contributed by atoms with Crippen LogP contribution in [-0.4, -0.2) is 12.6 Å². The van der Waals surface area contributed by atoms with Crippen molar-refractivity contribution < 1.29 is 13.9 Å². The van der Waals surface area contributed by atoms with Gasteiger partial charge in [0.05, 0.1) is 12.2 Å². The summed E-state index contributed by atoms with van der Waals surface area (Å²) in [6.45, 7) is 8.10. The lowest BCUT2D eigenvalue weighted by molar-refractivity contribution is 0.0524. The number of aryl methyl sites for hydroxylation is 2. The second-order valence-electron chi connectivity index (χ2n) is 6.18. The molecule has 0 fully saturated rings. The number of esters is 1. The van der Waals surface area contributed by atoms with Gasteiger partial charge >= 0.3 is 5.97 Å². The van der Waals surface area contributed by atoms with E-state index in [4.69, 9.17) is 9.15 Å². The Kier molecular flexibility index (Phi) is 7.29. The molecule has 2 rings (SSSR count). The second-order valence-corrected chi connectivity index (χ2v) is 6.18. The van der Waals surface area contributed by atoms with Crippen molar-refractivity contribution >= 4 is 11.5 Å². The van der Waals surface area contributed by atoms with Crippen molar-refractivity contribution in [2.24, 2.45) is 0 Å². The summed E-state index contributed by atoms with van der Waals surface area (Å²) >= 11 is 0. The van der Waals surface area contributed by atoms with Crippen LogP contribution in [0.15, 0.2) is 40.8 Å². The fourth-order valence-electron chi connectivity index (χ4n) is 2.47. The van der Waals surface area contributed by atoms with Crippen molar-refractivity contribution in [3.63, 3.8) is 0 Å². The van der Waals surface area contributed by atoms with Crippen molar-refractivity contribution in [1.82, 2.24) is 0 Å². The molecule has 0 unspecified atom stereocenters. The number of unbranched alkanes of at least 4 members (excludes halogenated alkanes) is 2. The molecule has 1 aromatic heterocycles. The fraction of sp³-hybridized carbons (Fsp3) is 0.348. The quantitative estimate of drug-likeness (QED) is 0.381. The third-order valence-electron chi connectivity index (χ3n) is 3.98. The van der Waals surface area contributed by atoms with Crippen molar-refractivity contribution in [1.29, 1.82) is 0 Å². The van der Waals surface area contributed by atoms with Crippen LogP contribution in [0.25, 0.3) is 5.57 Å². The average molecular weight is 350 g/mol. The van der Waals surface area contributed by atoms with E-state index in [0.29, 0.717) is 23.7 Å². The van der Waals surface area contributed by atoms with E-state index < -0.39 is 0 Å². The number of rotatable bonds is 6. The molecule has 0 spiro atoms. The molecule has 3 nitrogen and oxygen atoms in total. The summed E-state index contributed by atoms with van der Waals surface area (Å²) in [5, 5.41) is 0. The van der Waals surface area contributed by atoms with Gasteiger partial charge in [0.15, 0.2) is 0 Å². The molecule has 0 atom stereocenters. The zero-order valence-electron chi connectivity index (χ0n) is 16.0. The highest BCUT2D eigenvalue weighted by atomic mass is 16.5. The van der Waals surface area contributed by atoms with Gasteiger partial charge in [-0.2, -0.15) is 0 Å². The molecule has 1 aromatic carbocycles. The predicted octanol–water partition coefficient (Wildman–Crippen LogP) is 5.70. The summed E-state index contributed by atoms with van der Waals surface area (Å²) in [6.07, 6.45) is 5.20. The Hall–Kier alpha value is -2.73. The van der Waals surface area contributed by atoms with Crippen LogP contribution in [0.5, 0.6) is 0 Å². The van der Waals surface area contributed by atoms with E-state index in [2.05, 4.69) is 31.8 Å². The maximum absolute atomic E-state index is 12.0. The van der Waals surface area contributed by atoms with Gasteiger partial charge in [-0.15, -0.1) is 0 Å².